The van der Waals surface area contributed by atoms with Crippen LogP contribution in [0.15, 0.2) is 88.7 Å². The molecule has 8 heteroatoms. The number of amides is 2. The van der Waals surface area contributed by atoms with Crippen LogP contribution in [0.1, 0.15) is 58.4 Å². The van der Waals surface area contributed by atoms with Crippen LogP contribution >= 0.6 is 11.6 Å². The van der Waals surface area contributed by atoms with Crippen LogP contribution in [0.4, 0.5) is 5.69 Å². The molecule has 0 spiro atoms. The Morgan fingerprint density at radius 2 is 1.83 bits per heavy atom. The molecule has 3 aromatic carbocycles. The standard InChI is InChI=1S/C33H33ClN2O4S/c34-26-15-12-24(13-16-26)21-36-29-19-25(14-17-31(29)41(39)30-11-5-4-10-28(30)33(36)38)32(37)35(22-27-9-6-18-40-27)20-23-7-2-1-3-8-23/h1-2,4-5,10-17,19,23,27H,3,6-9,18,20-22H2. The number of nitrogens with zero attached hydrogens (tertiary/aromatic N) is 2. The maximum absolute atomic E-state index is 14.1. The molecule has 41 heavy (non-hydrogen) atoms. The number of benzene rings is 3. The van der Waals surface area contributed by atoms with Crippen LogP contribution in [0.25, 0.3) is 0 Å². The van der Waals surface area contributed by atoms with E-state index in [1.807, 2.05) is 17.0 Å². The Morgan fingerprint density at radius 3 is 2.59 bits per heavy atom. The number of anilines is 1. The molecule has 0 bridgehead atoms. The molecule has 2 amide bonds. The van der Waals surface area contributed by atoms with E-state index in [1.54, 1.807) is 59.5 Å². The Hall–Kier alpha value is -3.26. The van der Waals surface area contributed by atoms with Gasteiger partial charge in [0.1, 0.15) is 0 Å². The van der Waals surface area contributed by atoms with Crippen LogP contribution in [0.5, 0.6) is 0 Å². The normalized spacial score (nSPS) is 21.7. The summed E-state index contributed by atoms with van der Waals surface area (Å²) in [4.78, 5) is 32.6. The molecule has 0 radical (unpaired) electrons. The number of allylic oxidation sites excluding steroid dienone is 2. The van der Waals surface area contributed by atoms with Crippen molar-refractivity contribution in [3.8, 4) is 0 Å². The molecule has 6 rings (SSSR count). The van der Waals surface area contributed by atoms with Crippen molar-refractivity contribution < 1.29 is 18.5 Å². The molecule has 2 aliphatic heterocycles. The molecule has 3 unspecified atom stereocenters. The fourth-order valence-electron chi connectivity index (χ4n) is 5.92. The third kappa shape index (κ3) is 6.03. The highest BCUT2D eigenvalue weighted by Crippen LogP contribution is 2.36. The predicted octanol–water partition coefficient (Wildman–Crippen LogP) is 6.64. The first-order valence-corrected chi connectivity index (χ1v) is 15.8. The highest BCUT2D eigenvalue weighted by Gasteiger charge is 2.33. The van der Waals surface area contributed by atoms with E-state index in [0.29, 0.717) is 50.6 Å². The highest BCUT2D eigenvalue weighted by molar-refractivity contribution is 7.85. The second kappa shape index (κ2) is 12.3. The minimum absolute atomic E-state index is 0.0314. The molecule has 2 heterocycles. The number of rotatable bonds is 7. The summed E-state index contributed by atoms with van der Waals surface area (Å²) in [5.74, 6) is 0.0536. The van der Waals surface area contributed by atoms with Gasteiger partial charge in [-0.05, 0) is 86.1 Å². The van der Waals surface area contributed by atoms with E-state index in [4.69, 9.17) is 16.3 Å². The van der Waals surface area contributed by atoms with Crippen LogP contribution in [-0.4, -0.2) is 46.7 Å². The molecule has 212 valence electrons. The van der Waals surface area contributed by atoms with E-state index in [9.17, 15) is 13.8 Å². The van der Waals surface area contributed by atoms with Gasteiger partial charge in [-0.2, -0.15) is 0 Å². The monoisotopic (exact) mass is 588 g/mol. The van der Waals surface area contributed by atoms with Gasteiger partial charge >= 0.3 is 0 Å². The molecule has 3 aliphatic rings. The molecule has 1 saturated heterocycles. The number of hydrogen-bond donors (Lipinski definition) is 0. The van der Waals surface area contributed by atoms with E-state index in [0.717, 1.165) is 44.3 Å². The zero-order valence-electron chi connectivity index (χ0n) is 22.8. The first kappa shape index (κ1) is 27.9. The highest BCUT2D eigenvalue weighted by atomic mass is 35.5. The molecule has 3 aromatic rings. The molecule has 6 nitrogen and oxygen atoms in total. The Kier molecular flexibility index (Phi) is 8.37. The van der Waals surface area contributed by atoms with Crippen LogP contribution in [-0.2, 0) is 22.1 Å². The summed E-state index contributed by atoms with van der Waals surface area (Å²) in [7, 11) is -1.59. The maximum atomic E-state index is 14.1. The van der Waals surface area contributed by atoms with Crippen LogP contribution in [0.3, 0.4) is 0 Å². The Balaban J connectivity index is 1.38. The van der Waals surface area contributed by atoms with Crippen LogP contribution in [0, 0.1) is 5.92 Å². The summed E-state index contributed by atoms with van der Waals surface area (Å²) in [6, 6.07) is 19.6. The third-order valence-electron chi connectivity index (χ3n) is 8.10. The third-order valence-corrected chi connectivity index (χ3v) is 9.86. The van der Waals surface area contributed by atoms with Gasteiger partial charge in [-0.25, -0.2) is 4.21 Å². The molecule has 0 saturated carbocycles. The molecule has 3 atom stereocenters. The van der Waals surface area contributed by atoms with E-state index >= 15 is 0 Å². The van der Waals surface area contributed by atoms with E-state index < -0.39 is 10.8 Å². The summed E-state index contributed by atoms with van der Waals surface area (Å²) in [5.41, 5.74) is 2.24. The van der Waals surface area contributed by atoms with Gasteiger partial charge in [0, 0.05) is 30.3 Å². The van der Waals surface area contributed by atoms with Crippen molar-refractivity contribution >= 4 is 39.9 Å². The zero-order chi connectivity index (χ0) is 28.3. The van der Waals surface area contributed by atoms with Crippen molar-refractivity contribution in [3.63, 3.8) is 0 Å². The molecular formula is C33H33ClN2O4S. The van der Waals surface area contributed by atoms with Gasteiger partial charge in [0.2, 0.25) is 0 Å². The van der Waals surface area contributed by atoms with Gasteiger partial charge in [0.05, 0.1) is 44.5 Å². The summed E-state index contributed by atoms with van der Waals surface area (Å²) in [5, 5.41) is 0.607. The van der Waals surface area contributed by atoms with Crippen molar-refractivity contribution in [1.29, 1.82) is 0 Å². The van der Waals surface area contributed by atoms with Crippen molar-refractivity contribution in [2.75, 3.05) is 24.6 Å². The van der Waals surface area contributed by atoms with Crippen LogP contribution < -0.4 is 4.90 Å². The minimum Gasteiger partial charge on any atom is -0.376 e. The van der Waals surface area contributed by atoms with E-state index in [-0.39, 0.29) is 24.5 Å². The fraction of sp³-hybridized carbons (Fsp3) is 0.333. The predicted molar refractivity (Wildman–Crippen MR) is 161 cm³/mol. The lowest BCUT2D eigenvalue weighted by Gasteiger charge is -2.31. The van der Waals surface area contributed by atoms with Gasteiger partial charge < -0.3 is 14.5 Å². The second-order valence-electron chi connectivity index (χ2n) is 11.0. The summed E-state index contributed by atoms with van der Waals surface area (Å²) in [6.07, 6.45) is 9.43. The average Bonchev–Trinajstić information content (AvgIpc) is 3.50. The van der Waals surface area contributed by atoms with Crippen molar-refractivity contribution in [1.82, 2.24) is 4.90 Å². The van der Waals surface area contributed by atoms with Gasteiger partial charge in [-0.15, -0.1) is 0 Å². The number of halogens is 1. The quantitative estimate of drug-likeness (QED) is 0.290. The molecular weight excluding hydrogens is 556 g/mol. The minimum atomic E-state index is -1.59. The maximum Gasteiger partial charge on any atom is 0.259 e. The number of carbonyl (C=O) groups excluding carboxylic acids is 2. The number of carbonyl (C=O) groups is 2. The van der Waals surface area contributed by atoms with Crippen molar-refractivity contribution in [2.24, 2.45) is 5.92 Å². The Morgan fingerprint density at radius 1 is 1.00 bits per heavy atom. The van der Waals surface area contributed by atoms with Crippen LogP contribution in [0.2, 0.25) is 5.02 Å². The van der Waals surface area contributed by atoms with E-state index in [2.05, 4.69) is 12.2 Å². The van der Waals surface area contributed by atoms with E-state index in [1.165, 1.54) is 0 Å². The fourth-order valence-corrected chi connectivity index (χ4v) is 7.39. The van der Waals surface area contributed by atoms with Gasteiger partial charge in [0.25, 0.3) is 11.8 Å². The van der Waals surface area contributed by atoms with Gasteiger partial charge in [0.15, 0.2) is 0 Å². The lowest BCUT2D eigenvalue weighted by Crippen LogP contribution is -2.41. The molecule has 1 aliphatic carbocycles. The van der Waals surface area contributed by atoms with Crippen molar-refractivity contribution in [3.05, 3.63) is 101 Å². The summed E-state index contributed by atoms with van der Waals surface area (Å²) < 4.78 is 19.7. The molecule has 0 N–H and O–H groups in total. The Bertz CT molecular complexity index is 1500. The lowest BCUT2D eigenvalue weighted by atomic mass is 9.93. The number of fused-ring (bicyclic) bond motifs is 2. The smallest absolute Gasteiger partial charge is 0.259 e. The average molecular weight is 589 g/mol. The first-order chi connectivity index (χ1) is 20.0. The molecule has 1 fully saturated rings. The zero-order valence-corrected chi connectivity index (χ0v) is 24.4. The summed E-state index contributed by atoms with van der Waals surface area (Å²) >= 11 is 6.12. The lowest BCUT2D eigenvalue weighted by molar-refractivity contribution is 0.0483. The number of hydrogen-bond acceptors (Lipinski definition) is 4. The SMILES string of the molecule is O=C(c1ccc2c(c1)N(Cc1ccc(Cl)cc1)C(=O)c1ccccc1S2=O)N(CC1CC=CCC1)CC1CCCO1. The van der Waals surface area contributed by atoms with Crippen molar-refractivity contribution in [2.45, 2.75) is 54.5 Å². The number of ether oxygens (including phenoxy) is 1. The first-order valence-electron chi connectivity index (χ1n) is 14.2. The van der Waals surface area contributed by atoms with Gasteiger partial charge in [-0.3, -0.25) is 9.59 Å². The summed E-state index contributed by atoms with van der Waals surface area (Å²) in [6.45, 7) is 2.18. The molecule has 0 aromatic heterocycles. The second-order valence-corrected chi connectivity index (χ2v) is 12.8. The Labute approximate surface area is 248 Å². The topological polar surface area (TPSA) is 66.9 Å². The van der Waals surface area contributed by atoms with Gasteiger partial charge in [-0.1, -0.05) is 48.0 Å². The largest absolute Gasteiger partial charge is 0.376 e.